The van der Waals surface area contributed by atoms with Gasteiger partial charge in [-0.05, 0) is 54.7 Å². The van der Waals surface area contributed by atoms with Crippen LogP contribution >= 0.6 is 0 Å². The van der Waals surface area contributed by atoms with Gasteiger partial charge in [0, 0.05) is 30.1 Å². The van der Waals surface area contributed by atoms with Crippen molar-refractivity contribution >= 4 is 16.8 Å². The topological polar surface area (TPSA) is 54.6 Å². The second-order valence-corrected chi connectivity index (χ2v) is 7.28. The molecule has 0 fully saturated rings. The van der Waals surface area contributed by atoms with Crippen LogP contribution in [0.15, 0.2) is 42.6 Å². The Morgan fingerprint density at radius 3 is 2.71 bits per heavy atom. The van der Waals surface area contributed by atoms with E-state index in [-0.39, 0.29) is 11.9 Å². The van der Waals surface area contributed by atoms with Gasteiger partial charge in [0.2, 0.25) is 5.91 Å². The fourth-order valence-electron chi connectivity index (χ4n) is 4.21. The molecule has 0 saturated carbocycles. The normalized spacial score (nSPS) is 16.1. The van der Waals surface area contributed by atoms with Crippen molar-refractivity contribution in [1.82, 2.24) is 9.88 Å². The first-order chi connectivity index (χ1) is 13.6. The molecule has 0 saturated heterocycles. The minimum Gasteiger partial charge on any atom is -0.493 e. The van der Waals surface area contributed by atoms with Gasteiger partial charge in [-0.2, -0.15) is 0 Å². The second-order valence-electron chi connectivity index (χ2n) is 7.28. The van der Waals surface area contributed by atoms with Gasteiger partial charge in [0.1, 0.15) is 0 Å². The van der Waals surface area contributed by atoms with Crippen molar-refractivity contribution in [2.24, 2.45) is 0 Å². The van der Waals surface area contributed by atoms with Crippen molar-refractivity contribution in [1.29, 1.82) is 0 Å². The Bertz CT molecular complexity index is 1010. The third kappa shape index (κ3) is 3.21. The summed E-state index contributed by atoms with van der Waals surface area (Å²) in [6.45, 7) is 2.82. The highest BCUT2D eigenvalue weighted by molar-refractivity contribution is 5.84. The van der Waals surface area contributed by atoms with Crippen molar-refractivity contribution < 1.29 is 14.3 Å². The summed E-state index contributed by atoms with van der Waals surface area (Å²) < 4.78 is 10.9. The first kappa shape index (κ1) is 18.4. The monoisotopic (exact) mass is 378 g/mol. The van der Waals surface area contributed by atoms with Gasteiger partial charge in [-0.25, -0.2) is 0 Å². The zero-order chi connectivity index (χ0) is 19.7. The molecule has 1 amide bonds. The number of benzene rings is 2. The number of para-hydroxylation sites is 1. The molecular weight excluding hydrogens is 352 g/mol. The third-order valence-corrected chi connectivity index (χ3v) is 5.79. The molecule has 2 aromatic carbocycles. The molecule has 146 valence electrons. The van der Waals surface area contributed by atoms with Crippen molar-refractivity contribution in [3.8, 4) is 11.5 Å². The van der Waals surface area contributed by atoms with Crippen molar-refractivity contribution in [2.45, 2.75) is 32.2 Å². The summed E-state index contributed by atoms with van der Waals surface area (Å²) in [5, 5.41) is 1.20. The summed E-state index contributed by atoms with van der Waals surface area (Å²) in [6.07, 6.45) is 4.10. The predicted molar refractivity (Wildman–Crippen MR) is 110 cm³/mol. The summed E-state index contributed by atoms with van der Waals surface area (Å²) in [5.74, 6) is 1.65. The number of nitrogens with zero attached hydrogens (tertiary/aromatic N) is 1. The Labute approximate surface area is 165 Å². The summed E-state index contributed by atoms with van der Waals surface area (Å²) >= 11 is 0. The van der Waals surface area contributed by atoms with E-state index in [1.165, 1.54) is 16.5 Å². The van der Waals surface area contributed by atoms with Crippen LogP contribution in [0, 0.1) is 0 Å². The fraction of sp³-hybridized carbons (Fsp3) is 0.348. The van der Waals surface area contributed by atoms with Gasteiger partial charge < -0.3 is 19.4 Å². The van der Waals surface area contributed by atoms with Gasteiger partial charge in [-0.15, -0.1) is 0 Å². The molecule has 3 aromatic rings. The Morgan fingerprint density at radius 1 is 1.18 bits per heavy atom. The fourth-order valence-corrected chi connectivity index (χ4v) is 4.21. The maximum atomic E-state index is 13.0. The number of nitrogens with one attached hydrogen (secondary N) is 1. The van der Waals surface area contributed by atoms with E-state index >= 15 is 0 Å². The summed E-state index contributed by atoms with van der Waals surface area (Å²) in [6, 6.07) is 12.3. The van der Waals surface area contributed by atoms with E-state index in [1.54, 1.807) is 14.2 Å². The van der Waals surface area contributed by atoms with Gasteiger partial charge >= 0.3 is 0 Å². The van der Waals surface area contributed by atoms with Crippen LogP contribution in [0.5, 0.6) is 11.5 Å². The van der Waals surface area contributed by atoms with E-state index < -0.39 is 0 Å². The maximum absolute atomic E-state index is 13.0. The highest BCUT2D eigenvalue weighted by Gasteiger charge is 2.29. The molecule has 5 nitrogen and oxygen atoms in total. The molecule has 0 aliphatic carbocycles. The number of amides is 1. The number of aromatic nitrogens is 1. The number of carbonyl (C=O) groups excluding carboxylic acids is 1. The smallest absolute Gasteiger partial charge is 0.223 e. The molecule has 0 radical (unpaired) electrons. The Kier molecular flexibility index (Phi) is 4.99. The predicted octanol–water partition coefficient (Wildman–Crippen LogP) is 4.26. The van der Waals surface area contributed by atoms with Crippen LogP contribution in [0.4, 0.5) is 0 Å². The van der Waals surface area contributed by atoms with Gasteiger partial charge in [0.15, 0.2) is 11.5 Å². The number of ether oxygens (including phenoxy) is 2. The van der Waals surface area contributed by atoms with Crippen LogP contribution in [0.2, 0.25) is 0 Å². The van der Waals surface area contributed by atoms with Crippen LogP contribution in [-0.2, 0) is 17.6 Å². The first-order valence-corrected chi connectivity index (χ1v) is 9.71. The molecule has 28 heavy (non-hydrogen) atoms. The van der Waals surface area contributed by atoms with Crippen molar-refractivity contribution in [3.63, 3.8) is 0 Å². The number of hydrogen-bond donors (Lipinski definition) is 1. The minimum atomic E-state index is 0.0269. The highest BCUT2D eigenvalue weighted by Crippen LogP contribution is 2.38. The van der Waals surface area contributed by atoms with Crippen LogP contribution in [0.25, 0.3) is 10.9 Å². The molecule has 5 heteroatoms. The van der Waals surface area contributed by atoms with E-state index in [0.29, 0.717) is 12.2 Å². The number of hydrogen-bond acceptors (Lipinski definition) is 3. The van der Waals surface area contributed by atoms with E-state index in [9.17, 15) is 4.79 Å². The zero-order valence-corrected chi connectivity index (χ0v) is 16.6. The van der Waals surface area contributed by atoms with E-state index in [4.69, 9.17) is 9.47 Å². The van der Waals surface area contributed by atoms with Crippen molar-refractivity contribution in [2.75, 3.05) is 20.8 Å². The molecule has 0 bridgehead atoms. The largest absolute Gasteiger partial charge is 0.493 e. The maximum Gasteiger partial charge on any atom is 0.223 e. The third-order valence-electron chi connectivity index (χ3n) is 5.79. The summed E-state index contributed by atoms with van der Waals surface area (Å²) in [7, 11) is 3.29. The SMILES string of the molecule is COc1cc2c(cc1OC)C(C)N(C(=O)CCc1c[nH]c3ccccc13)CC2. The summed E-state index contributed by atoms with van der Waals surface area (Å²) in [5.41, 5.74) is 4.68. The van der Waals surface area contributed by atoms with Gasteiger partial charge in [-0.1, -0.05) is 18.2 Å². The Morgan fingerprint density at radius 2 is 1.93 bits per heavy atom. The number of aromatic amines is 1. The van der Waals surface area contributed by atoms with E-state index in [2.05, 4.69) is 24.0 Å². The molecule has 2 heterocycles. The van der Waals surface area contributed by atoms with Crippen LogP contribution in [-0.4, -0.2) is 36.6 Å². The Hall–Kier alpha value is -2.95. The average molecular weight is 378 g/mol. The van der Waals surface area contributed by atoms with Crippen LogP contribution in [0.3, 0.4) is 0 Å². The standard InChI is InChI=1S/C23H26N2O3/c1-15-19-13-22(28-3)21(27-2)12-16(19)10-11-25(15)23(26)9-8-17-14-24-20-7-5-4-6-18(17)20/h4-7,12-15,24H,8-11H2,1-3H3. The minimum absolute atomic E-state index is 0.0269. The first-order valence-electron chi connectivity index (χ1n) is 9.71. The quantitative estimate of drug-likeness (QED) is 0.722. The Balaban J connectivity index is 1.50. The van der Waals surface area contributed by atoms with Crippen LogP contribution in [0.1, 0.15) is 36.1 Å². The van der Waals surface area contributed by atoms with E-state index in [0.717, 1.165) is 36.2 Å². The molecule has 1 atom stereocenters. The van der Waals surface area contributed by atoms with Gasteiger partial charge in [0.05, 0.1) is 20.3 Å². The number of fused-ring (bicyclic) bond motifs is 2. The highest BCUT2D eigenvalue weighted by atomic mass is 16.5. The van der Waals surface area contributed by atoms with Gasteiger partial charge in [-0.3, -0.25) is 4.79 Å². The molecule has 4 rings (SSSR count). The number of carbonyl (C=O) groups is 1. The molecule has 1 unspecified atom stereocenters. The molecule has 1 N–H and O–H groups in total. The second kappa shape index (κ2) is 7.58. The molecule has 1 aliphatic rings. The lowest BCUT2D eigenvalue weighted by atomic mass is 9.92. The summed E-state index contributed by atoms with van der Waals surface area (Å²) in [4.78, 5) is 18.3. The number of rotatable bonds is 5. The van der Waals surface area contributed by atoms with E-state index in [1.807, 2.05) is 35.4 Å². The molecule has 0 spiro atoms. The lowest BCUT2D eigenvalue weighted by molar-refractivity contribution is -0.133. The van der Waals surface area contributed by atoms with Crippen LogP contribution < -0.4 is 9.47 Å². The zero-order valence-electron chi connectivity index (χ0n) is 16.6. The number of H-pyrrole nitrogens is 1. The molecule has 1 aliphatic heterocycles. The lowest BCUT2D eigenvalue weighted by Crippen LogP contribution is -2.39. The van der Waals surface area contributed by atoms with Crippen molar-refractivity contribution in [3.05, 3.63) is 59.3 Å². The number of methoxy groups -OCH3 is 2. The molecular formula is C23H26N2O3. The van der Waals surface area contributed by atoms with Gasteiger partial charge in [0.25, 0.3) is 0 Å². The average Bonchev–Trinajstić information content (AvgIpc) is 3.14. The lowest BCUT2D eigenvalue weighted by Gasteiger charge is -2.36. The number of aryl methyl sites for hydroxylation is 1. The molecule has 1 aromatic heterocycles.